The van der Waals surface area contributed by atoms with Crippen molar-refractivity contribution in [2.24, 2.45) is 0 Å². The fraction of sp³-hybridized carbons (Fsp3) is 0.333. The van der Waals surface area contributed by atoms with E-state index in [1.165, 1.54) is 22.4 Å². The average Bonchev–Trinajstić information content (AvgIpc) is 3.23. The maximum absolute atomic E-state index is 13.3. The first-order valence-corrected chi connectivity index (χ1v) is 12.0. The number of hydrogen-bond acceptors (Lipinski definition) is 7. The van der Waals surface area contributed by atoms with Crippen LogP contribution in [0.15, 0.2) is 42.9 Å². The predicted octanol–water partition coefficient (Wildman–Crippen LogP) is 3.76. The number of fused-ring (bicyclic) bond motifs is 1. The van der Waals surface area contributed by atoms with Crippen LogP contribution in [-0.2, 0) is 17.6 Å². The van der Waals surface area contributed by atoms with Crippen molar-refractivity contribution in [2.75, 3.05) is 41.8 Å². The van der Waals surface area contributed by atoms with Crippen molar-refractivity contribution in [3.05, 3.63) is 64.4 Å². The van der Waals surface area contributed by atoms with Crippen LogP contribution < -0.4 is 15.5 Å². The van der Waals surface area contributed by atoms with Crippen LogP contribution in [0.1, 0.15) is 44.0 Å². The third kappa shape index (κ3) is 4.74. The Balaban J connectivity index is 1.36. The first kappa shape index (κ1) is 21.5. The molecule has 9 heteroatoms. The van der Waals surface area contributed by atoms with Crippen LogP contribution >= 0.6 is 11.3 Å². The fourth-order valence-corrected chi connectivity index (χ4v) is 5.48. The molecular formula is C24H25N5O3S. The number of nitrogens with one attached hydrogen (secondary N) is 2. The first-order chi connectivity index (χ1) is 16.2. The number of amides is 2. The molecule has 0 bridgehead atoms. The Bertz CT molecular complexity index is 1140. The summed E-state index contributed by atoms with van der Waals surface area (Å²) in [6.45, 7) is 2.99. The van der Waals surface area contributed by atoms with Gasteiger partial charge in [-0.15, -0.1) is 11.3 Å². The van der Waals surface area contributed by atoms with Crippen molar-refractivity contribution in [3.8, 4) is 0 Å². The van der Waals surface area contributed by atoms with Gasteiger partial charge in [-0.3, -0.25) is 14.6 Å². The molecule has 170 valence electrons. The fourth-order valence-electron chi connectivity index (χ4n) is 4.20. The average molecular weight is 464 g/mol. The number of thiophene rings is 1. The van der Waals surface area contributed by atoms with Crippen LogP contribution in [0, 0.1) is 0 Å². The van der Waals surface area contributed by atoms with Gasteiger partial charge in [-0.25, -0.2) is 4.98 Å². The van der Waals surface area contributed by atoms with Gasteiger partial charge in [-0.1, -0.05) is 0 Å². The Kier molecular flexibility index (Phi) is 6.32. The molecule has 0 saturated carbocycles. The van der Waals surface area contributed by atoms with Crippen molar-refractivity contribution in [2.45, 2.75) is 25.7 Å². The van der Waals surface area contributed by atoms with Crippen LogP contribution in [0.3, 0.4) is 0 Å². The second-order valence-electron chi connectivity index (χ2n) is 8.07. The maximum atomic E-state index is 13.3. The van der Waals surface area contributed by atoms with E-state index < -0.39 is 0 Å². The van der Waals surface area contributed by atoms with Crippen LogP contribution in [0.25, 0.3) is 0 Å². The number of ether oxygens (including phenoxy) is 1. The van der Waals surface area contributed by atoms with E-state index in [1.54, 1.807) is 24.5 Å². The quantitative estimate of drug-likeness (QED) is 0.598. The van der Waals surface area contributed by atoms with Gasteiger partial charge in [0, 0.05) is 30.4 Å². The number of carbonyl (C=O) groups excluding carboxylic acids is 2. The molecule has 2 N–H and O–H groups in total. The van der Waals surface area contributed by atoms with Crippen molar-refractivity contribution in [1.29, 1.82) is 0 Å². The number of pyridine rings is 2. The lowest BCUT2D eigenvalue weighted by atomic mass is 9.95. The van der Waals surface area contributed by atoms with Gasteiger partial charge in [0.1, 0.15) is 10.8 Å². The van der Waals surface area contributed by atoms with Gasteiger partial charge in [0.25, 0.3) is 11.8 Å². The number of nitrogens with zero attached hydrogens (tertiary/aromatic N) is 3. The molecule has 3 aromatic heterocycles. The molecule has 0 spiro atoms. The molecule has 0 unspecified atom stereocenters. The zero-order valence-corrected chi connectivity index (χ0v) is 19.0. The molecule has 4 heterocycles. The van der Waals surface area contributed by atoms with Gasteiger partial charge in [0.15, 0.2) is 0 Å². The summed E-state index contributed by atoms with van der Waals surface area (Å²) >= 11 is 1.50. The number of aryl methyl sites for hydroxylation is 1. The smallest absolute Gasteiger partial charge is 0.259 e. The standard InChI is InChI=1S/C24H25N5O3S/c30-22(16-4-3-9-25-14-16)28-24-21(18-5-1-2-6-19(18)33-24)23(31)27-17-7-8-20(26-15-17)29-10-12-32-13-11-29/h3-4,7-9,14-15H,1-2,5-6,10-13H2,(H,27,31)(H,28,30). The van der Waals surface area contributed by atoms with Crippen LogP contribution in [-0.4, -0.2) is 48.1 Å². The van der Waals surface area contributed by atoms with Crippen LogP contribution in [0.4, 0.5) is 16.5 Å². The Morgan fingerprint density at radius 2 is 1.85 bits per heavy atom. The Hall–Kier alpha value is -3.30. The minimum atomic E-state index is -0.271. The zero-order chi connectivity index (χ0) is 22.6. The van der Waals surface area contributed by atoms with Crippen molar-refractivity contribution in [1.82, 2.24) is 9.97 Å². The number of rotatable bonds is 5. The highest BCUT2D eigenvalue weighted by Crippen LogP contribution is 2.38. The Morgan fingerprint density at radius 3 is 2.61 bits per heavy atom. The SMILES string of the molecule is O=C(Nc1sc2c(c1C(=O)Nc1ccc(N3CCOCC3)nc1)CCCC2)c1cccnc1. The van der Waals surface area contributed by atoms with E-state index in [2.05, 4.69) is 25.5 Å². The summed E-state index contributed by atoms with van der Waals surface area (Å²) in [5.74, 6) is 0.373. The number of hydrogen-bond donors (Lipinski definition) is 2. The number of morpholine rings is 1. The van der Waals surface area contributed by atoms with Crippen molar-refractivity contribution in [3.63, 3.8) is 0 Å². The third-order valence-electron chi connectivity index (χ3n) is 5.89. The molecule has 8 nitrogen and oxygen atoms in total. The molecule has 2 amide bonds. The first-order valence-electron chi connectivity index (χ1n) is 11.1. The minimum Gasteiger partial charge on any atom is -0.378 e. The highest BCUT2D eigenvalue weighted by Gasteiger charge is 2.27. The van der Waals surface area contributed by atoms with E-state index in [0.717, 1.165) is 50.2 Å². The van der Waals surface area contributed by atoms with E-state index in [0.29, 0.717) is 35.0 Å². The van der Waals surface area contributed by atoms with Crippen LogP contribution in [0.5, 0.6) is 0 Å². The topological polar surface area (TPSA) is 96.5 Å². The van der Waals surface area contributed by atoms with E-state index >= 15 is 0 Å². The summed E-state index contributed by atoms with van der Waals surface area (Å²) < 4.78 is 5.39. The lowest BCUT2D eigenvalue weighted by Gasteiger charge is -2.27. The van der Waals surface area contributed by atoms with Gasteiger partial charge >= 0.3 is 0 Å². The molecule has 3 aromatic rings. The number of carbonyl (C=O) groups is 2. The molecule has 1 saturated heterocycles. The van der Waals surface area contributed by atoms with Gasteiger partial charge in [-0.05, 0) is 55.5 Å². The highest BCUT2D eigenvalue weighted by molar-refractivity contribution is 7.17. The monoisotopic (exact) mass is 463 g/mol. The van der Waals surface area contributed by atoms with Gasteiger partial charge in [-0.2, -0.15) is 0 Å². The van der Waals surface area contributed by atoms with Crippen LogP contribution in [0.2, 0.25) is 0 Å². The predicted molar refractivity (Wildman–Crippen MR) is 128 cm³/mol. The summed E-state index contributed by atoms with van der Waals surface area (Å²) in [6, 6.07) is 7.20. The molecule has 33 heavy (non-hydrogen) atoms. The Morgan fingerprint density at radius 1 is 1.00 bits per heavy atom. The maximum Gasteiger partial charge on any atom is 0.259 e. The van der Waals surface area contributed by atoms with Crippen molar-refractivity contribution >= 4 is 39.7 Å². The summed E-state index contributed by atoms with van der Waals surface area (Å²) in [4.78, 5) is 38.0. The molecular weight excluding hydrogens is 438 g/mol. The molecule has 5 rings (SSSR count). The molecule has 0 atom stereocenters. The molecule has 1 aliphatic carbocycles. The normalized spacial score (nSPS) is 15.6. The largest absolute Gasteiger partial charge is 0.378 e. The van der Waals surface area contributed by atoms with E-state index in [-0.39, 0.29) is 11.8 Å². The van der Waals surface area contributed by atoms with Gasteiger partial charge < -0.3 is 20.3 Å². The van der Waals surface area contributed by atoms with E-state index in [4.69, 9.17) is 4.74 Å². The second-order valence-corrected chi connectivity index (χ2v) is 9.17. The number of aromatic nitrogens is 2. The molecule has 1 aliphatic heterocycles. The lowest BCUT2D eigenvalue weighted by molar-refractivity contribution is 0.102. The third-order valence-corrected chi connectivity index (χ3v) is 7.10. The number of anilines is 3. The summed E-state index contributed by atoms with van der Waals surface area (Å²) in [6.07, 6.45) is 8.72. The van der Waals surface area contributed by atoms with Gasteiger partial charge in [0.05, 0.1) is 36.2 Å². The summed E-state index contributed by atoms with van der Waals surface area (Å²) in [5, 5.41) is 6.51. The van der Waals surface area contributed by atoms with E-state index in [9.17, 15) is 9.59 Å². The summed E-state index contributed by atoms with van der Waals surface area (Å²) in [7, 11) is 0. The Labute approximate surface area is 196 Å². The summed E-state index contributed by atoms with van der Waals surface area (Å²) in [5.41, 5.74) is 2.68. The second kappa shape index (κ2) is 9.68. The lowest BCUT2D eigenvalue weighted by Crippen LogP contribution is -2.36. The molecule has 0 aromatic carbocycles. The molecule has 2 aliphatic rings. The van der Waals surface area contributed by atoms with Gasteiger partial charge in [0.2, 0.25) is 0 Å². The zero-order valence-electron chi connectivity index (χ0n) is 18.2. The minimum absolute atomic E-state index is 0.225. The molecule has 0 radical (unpaired) electrons. The molecule has 1 fully saturated rings. The van der Waals surface area contributed by atoms with Crippen molar-refractivity contribution < 1.29 is 14.3 Å². The van der Waals surface area contributed by atoms with E-state index in [1.807, 2.05) is 12.1 Å². The highest BCUT2D eigenvalue weighted by atomic mass is 32.1.